The predicted molar refractivity (Wildman–Crippen MR) is 50.0 cm³/mol. The number of anilines is 1. The number of phenolic OH excluding ortho intramolecular Hbond substituents is 1. The van der Waals surface area contributed by atoms with Crippen molar-refractivity contribution >= 4 is 17.4 Å². The van der Waals surface area contributed by atoms with E-state index in [-0.39, 0.29) is 24.4 Å². The van der Waals surface area contributed by atoms with Crippen LogP contribution in [-0.2, 0) is 9.59 Å². The van der Waals surface area contributed by atoms with E-state index in [1.54, 1.807) is 0 Å². The fourth-order valence-electron chi connectivity index (χ4n) is 1.53. The molecular formula is C10H8FNO3. The first-order chi connectivity index (χ1) is 7.09. The third-order valence-corrected chi connectivity index (χ3v) is 2.24. The topological polar surface area (TPSA) is 57.6 Å². The Morgan fingerprint density at radius 3 is 2.67 bits per heavy atom. The maximum atomic E-state index is 13.0. The number of phenols is 1. The second kappa shape index (κ2) is 3.34. The first-order valence-corrected chi connectivity index (χ1v) is 4.39. The van der Waals surface area contributed by atoms with Crippen molar-refractivity contribution in [3.05, 3.63) is 24.0 Å². The van der Waals surface area contributed by atoms with Crippen molar-refractivity contribution in [1.29, 1.82) is 0 Å². The van der Waals surface area contributed by atoms with Crippen LogP contribution < -0.4 is 4.90 Å². The number of para-hydroxylation sites is 1. The number of benzene rings is 1. The van der Waals surface area contributed by atoms with Gasteiger partial charge in [0.2, 0.25) is 5.91 Å². The second-order valence-corrected chi connectivity index (χ2v) is 3.30. The van der Waals surface area contributed by atoms with Gasteiger partial charge in [0, 0.05) is 0 Å². The molecule has 0 radical (unpaired) electrons. The van der Waals surface area contributed by atoms with Crippen LogP contribution in [0.15, 0.2) is 18.2 Å². The molecule has 1 aromatic rings. The van der Waals surface area contributed by atoms with Crippen LogP contribution in [0.4, 0.5) is 10.1 Å². The van der Waals surface area contributed by atoms with Crippen molar-refractivity contribution in [3.63, 3.8) is 0 Å². The Labute approximate surface area is 84.9 Å². The summed E-state index contributed by atoms with van der Waals surface area (Å²) >= 11 is 0. The smallest absolute Gasteiger partial charge is 0.235 e. The van der Waals surface area contributed by atoms with Gasteiger partial charge in [0.25, 0.3) is 0 Å². The molecule has 1 N–H and O–H groups in total. The van der Waals surface area contributed by atoms with E-state index in [1.165, 1.54) is 12.1 Å². The molecule has 0 unspecified atom stereocenters. The fraction of sp³-hybridized carbons (Fsp3) is 0.200. The lowest BCUT2D eigenvalue weighted by atomic mass is 10.2. The highest BCUT2D eigenvalue weighted by atomic mass is 19.1. The van der Waals surface area contributed by atoms with Crippen molar-refractivity contribution in [3.8, 4) is 5.75 Å². The summed E-state index contributed by atoms with van der Waals surface area (Å²) in [6.45, 7) is -0.101. The zero-order valence-electron chi connectivity index (χ0n) is 7.74. The number of carbonyl (C=O) groups excluding carboxylic acids is 2. The summed E-state index contributed by atoms with van der Waals surface area (Å²) in [5, 5.41) is 9.38. The molecule has 2 rings (SSSR count). The minimum absolute atomic E-state index is 0.0471. The number of amides is 1. The Hall–Kier alpha value is -1.91. The molecule has 0 spiro atoms. The van der Waals surface area contributed by atoms with Crippen LogP contribution in [0, 0.1) is 5.82 Å². The number of nitrogens with zero attached hydrogens (tertiary/aromatic N) is 1. The molecule has 0 aliphatic carbocycles. The molecule has 1 fully saturated rings. The Balaban J connectivity index is 2.42. The van der Waals surface area contributed by atoms with Crippen molar-refractivity contribution in [1.82, 2.24) is 0 Å². The van der Waals surface area contributed by atoms with Gasteiger partial charge in [-0.05, 0) is 12.1 Å². The summed E-state index contributed by atoms with van der Waals surface area (Å²) < 4.78 is 13.0. The molecule has 78 valence electrons. The molecule has 0 saturated carbocycles. The molecule has 5 heteroatoms. The van der Waals surface area contributed by atoms with Gasteiger partial charge in [-0.3, -0.25) is 9.59 Å². The molecule has 1 heterocycles. The van der Waals surface area contributed by atoms with Crippen LogP contribution in [0.5, 0.6) is 5.75 Å². The standard InChI is InChI=1S/C10H8FNO3/c11-7-2-1-3-8(10(7)15)12-5-6(13)4-9(12)14/h1-3,15H,4-5H2. The van der Waals surface area contributed by atoms with Gasteiger partial charge in [0.15, 0.2) is 17.3 Å². The highest BCUT2D eigenvalue weighted by molar-refractivity contribution is 6.15. The highest BCUT2D eigenvalue weighted by Gasteiger charge is 2.30. The van der Waals surface area contributed by atoms with E-state index in [4.69, 9.17) is 0 Å². The number of rotatable bonds is 1. The molecule has 1 aliphatic heterocycles. The summed E-state index contributed by atoms with van der Waals surface area (Å²) in [5.74, 6) is -2.05. The number of hydrogen-bond donors (Lipinski definition) is 1. The number of Topliss-reactive ketones (excluding diaryl/α,β-unsaturated/α-hetero) is 1. The van der Waals surface area contributed by atoms with Gasteiger partial charge in [0.1, 0.15) is 0 Å². The van der Waals surface area contributed by atoms with E-state index in [9.17, 15) is 19.1 Å². The van der Waals surface area contributed by atoms with E-state index in [2.05, 4.69) is 0 Å². The molecule has 1 aromatic carbocycles. The van der Waals surface area contributed by atoms with Crippen molar-refractivity contribution in [2.24, 2.45) is 0 Å². The average Bonchev–Trinajstić information content (AvgIpc) is 2.50. The van der Waals surface area contributed by atoms with E-state index in [1.807, 2.05) is 0 Å². The molecular weight excluding hydrogens is 201 g/mol. The second-order valence-electron chi connectivity index (χ2n) is 3.30. The zero-order valence-corrected chi connectivity index (χ0v) is 7.74. The molecule has 1 amide bonds. The Morgan fingerprint density at radius 1 is 1.33 bits per heavy atom. The third kappa shape index (κ3) is 1.56. The summed E-state index contributed by atoms with van der Waals surface area (Å²) in [7, 11) is 0. The SMILES string of the molecule is O=C1CC(=O)N(c2cccc(F)c2O)C1. The molecule has 1 saturated heterocycles. The lowest BCUT2D eigenvalue weighted by Gasteiger charge is -2.15. The fourth-order valence-corrected chi connectivity index (χ4v) is 1.53. The van der Waals surface area contributed by atoms with Gasteiger partial charge in [-0.15, -0.1) is 0 Å². The largest absolute Gasteiger partial charge is 0.503 e. The predicted octanol–water partition coefficient (Wildman–Crippen LogP) is 0.837. The zero-order chi connectivity index (χ0) is 11.0. The summed E-state index contributed by atoms with van der Waals surface area (Å²) in [6, 6.07) is 3.86. The van der Waals surface area contributed by atoms with Gasteiger partial charge in [0.05, 0.1) is 18.7 Å². The van der Waals surface area contributed by atoms with Crippen LogP contribution in [0.3, 0.4) is 0 Å². The Kier molecular flexibility index (Phi) is 2.15. The van der Waals surface area contributed by atoms with Crippen LogP contribution in [-0.4, -0.2) is 23.3 Å². The Morgan fingerprint density at radius 2 is 2.07 bits per heavy atom. The lowest BCUT2D eigenvalue weighted by molar-refractivity contribution is -0.121. The first-order valence-electron chi connectivity index (χ1n) is 4.39. The summed E-state index contributed by atoms with van der Waals surface area (Å²) in [5.41, 5.74) is 0.0471. The Bertz CT molecular complexity index is 444. The van der Waals surface area contributed by atoms with E-state index >= 15 is 0 Å². The van der Waals surface area contributed by atoms with Gasteiger partial charge in [-0.25, -0.2) is 4.39 Å². The average molecular weight is 209 g/mol. The molecule has 0 bridgehead atoms. The number of hydrogen-bond acceptors (Lipinski definition) is 3. The maximum Gasteiger partial charge on any atom is 0.235 e. The number of carbonyl (C=O) groups is 2. The van der Waals surface area contributed by atoms with Crippen LogP contribution >= 0.6 is 0 Å². The minimum atomic E-state index is -0.806. The third-order valence-electron chi connectivity index (χ3n) is 2.24. The van der Waals surface area contributed by atoms with Gasteiger partial charge in [-0.1, -0.05) is 6.07 Å². The van der Waals surface area contributed by atoms with Crippen LogP contribution in [0.1, 0.15) is 6.42 Å². The van der Waals surface area contributed by atoms with Crippen molar-refractivity contribution in [2.45, 2.75) is 6.42 Å². The maximum absolute atomic E-state index is 13.0. The number of aromatic hydroxyl groups is 1. The summed E-state index contributed by atoms with van der Waals surface area (Å²) in [4.78, 5) is 23.4. The van der Waals surface area contributed by atoms with Gasteiger partial charge in [-0.2, -0.15) is 0 Å². The van der Waals surface area contributed by atoms with Gasteiger partial charge < -0.3 is 10.0 Å². The summed E-state index contributed by atoms with van der Waals surface area (Å²) in [6.07, 6.45) is -0.185. The van der Waals surface area contributed by atoms with Crippen LogP contribution in [0.25, 0.3) is 0 Å². The van der Waals surface area contributed by atoms with Crippen molar-refractivity contribution in [2.75, 3.05) is 11.4 Å². The molecule has 15 heavy (non-hydrogen) atoms. The van der Waals surface area contributed by atoms with Gasteiger partial charge >= 0.3 is 0 Å². The number of halogens is 1. The highest BCUT2D eigenvalue weighted by Crippen LogP contribution is 2.31. The normalized spacial score (nSPS) is 16.2. The van der Waals surface area contributed by atoms with Crippen molar-refractivity contribution < 1.29 is 19.1 Å². The van der Waals surface area contributed by atoms with Crippen LogP contribution in [0.2, 0.25) is 0 Å². The lowest BCUT2D eigenvalue weighted by Crippen LogP contribution is -2.24. The van der Waals surface area contributed by atoms with E-state index in [0.717, 1.165) is 11.0 Å². The first kappa shape index (κ1) is 9.64. The molecule has 1 aliphatic rings. The van der Waals surface area contributed by atoms with E-state index in [0.29, 0.717) is 0 Å². The molecule has 4 nitrogen and oxygen atoms in total. The molecule has 0 atom stereocenters. The number of ketones is 1. The van der Waals surface area contributed by atoms with E-state index < -0.39 is 17.5 Å². The quantitative estimate of drug-likeness (QED) is 0.697. The minimum Gasteiger partial charge on any atom is -0.503 e. The molecule has 0 aromatic heterocycles. The monoisotopic (exact) mass is 209 g/mol.